The van der Waals surface area contributed by atoms with E-state index in [0.717, 1.165) is 5.39 Å². The van der Waals surface area contributed by atoms with E-state index in [4.69, 9.17) is 22.6 Å². The van der Waals surface area contributed by atoms with Crippen LogP contribution in [0.2, 0.25) is 5.02 Å². The number of rotatable bonds is 3. The second-order valence-electron chi connectivity index (χ2n) is 5.23. The number of hydrogen-bond donors (Lipinski definition) is 3. The van der Waals surface area contributed by atoms with Crippen LogP contribution in [0.5, 0.6) is 0 Å². The third-order valence-electron chi connectivity index (χ3n) is 3.61. The average Bonchev–Trinajstić information content (AvgIpc) is 2.55. The Kier molecular flexibility index (Phi) is 4.06. The number of nitriles is 1. The molecule has 1 atom stereocenters. The van der Waals surface area contributed by atoms with Crippen LogP contribution in [0.1, 0.15) is 24.1 Å². The van der Waals surface area contributed by atoms with Gasteiger partial charge in [0.2, 0.25) is 5.95 Å². The Morgan fingerprint density at radius 2 is 2.25 bits per heavy atom. The molecule has 4 N–H and O–H groups in total. The minimum absolute atomic E-state index is 0.0846. The van der Waals surface area contributed by atoms with Crippen LogP contribution in [-0.4, -0.2) is 15.0 Å². The van der Waals surface area contributed by atoms with Crippen LogP contribution < -0.4 is 16.6 Å². The van der Waals surface area contributed by atoms with Crippen molar-refractivity contribution in [1.82, 2.24) is 15.0 Å². The highest BCUT2D eigenvalue weighted by Crippen LogP contribution is 2.23. The van der Waals surface area contributed by atoms with Gasteiger partial charge in [-0.15, -0.1) is 0 Å². The van der Waals surface area contributed by atoms with E-state index in [-0.39, 0.29) is 28.9 Å². The number of nitrogens with two attached hydrogens (primary N) is 1. The number of pyridine rings is 1. The summed E-state index contributed by atoms with van der Waals surface area (Å²) in [4.78, 5) is 23.1. The van der Waals surface area contributed by atoms with Crippen molar-refractivity contribution < 1.29 is 0 Å². The van der Waals surface area contributed by atoms with Crippen LogP contribution in [0, 0.1) is 11.3 Å². The summed E-state index contributed by atoms with van der Waals surface area (Å²) < 4.78 is 0. The first kappa shape index (κ1) is 15.8. The third kappa shape index (κ3) is 2.87. The van der Waals surface area contributed by atoms with Gasteiger partial charge in [-0.3, -0.25) is 4.79 Å². The van der Waals surface area contributed by atoms with Gasteiger partial charge in [0.1, 0.15) is 17.5 Å². The zero-order chi connectivity index (χ0) is 17.3. The maximum atomic E-state index is 12.3. The summed E-state index contributed by atoms with van der Waals surface area (Å²) in [5.41, 5.74) is 6.73. The van der Waals surface area contributed by atoms with Gasteiger partial charge in [-0.25, -0.2) is 4.98 Å². The monoisotopic (exact) mass is 340 g/mol. The first-order valence-electron chi connectivity index (χ1n) is 7.10. The molecule has 0 spiro atoms. The second kappa shape index (κ2) is 6.18. The lowest BCUT2D eigenvalue weighted by Crippen LogP contribution is -2.20. The first-order valence-corrected chi connectivity index (χ1v) is 7.48. The summed E-state index contributed by atoms with van der Waals surface area (Å²) in [6.07, 6.45) is 1.34. The molecular weight excluding hydrogens is 328 g/mol. The van der Waals surface area contributed by atoms with Crippen LogP contribution in [-0.2, 0) is 0 Å². The lowest BCUT2D eigenvalue weighted by Gasteiger charge is -2.14. The molecule has 0 saturated carbocycles. The van der Waals surface area contributed by atoms with Crippen LogP contribution in [0.15, 0.2) is 35.3 Å². The normalized spacial score (nSPS) is 11.9. The maximum Gasteiger partial charge on any atom is 0.253 e. The van der Waals surface area contributed by atoms with Crippen molar-refractivity contribution in [3.8, 4) is 6.07 Å². The van der Waals surface area contributed by atoms with E-state index in [1.807, 2.05) is 18.2 Å². The Labute approximate surface area is 142 Å². The van der Waals surface area contributed by atoms with Crippen LogP contribution in [0.4, 0.5) is 11.8 Å². The molecular formula is C16H13ClN6O. The van der Waals surface area contributed by atoms with Gasteiger partial charge in [0, 0.05) is 10.9 Å². The summed E-state index contributed by atoms with van der Waals surface area (Å²) >= 11 is 6.09. The molecule has 8 heteroatoms. The van der Waals surface area contributed by atoms with Crippen molar-refractivity contribution >= 4 is 34.3 Å². The van der Waals surface area contributed by atoms with Crippen LogP contribution >= 0.6 is 11.6 Å². The molecule has 0 unspecified atom stereocenters. The number of benzene rings is 1. The summed E-state index contributed by atoms with van der Waals surface area (Å²) in [5.74, 6) is 0.325. The number of aromatic amines is 1. The van der Waals surface area contributed by atoms with Crippen molar-refractivity contribution in [3.63, 3.8) is 0 Å². The second-order valence-corrected chi connectivity index (χ2v) is 5.64. The van der Waals surface area contributed by atoms with E-state index < -0.39 is 0 Å². The Morgan fingerprint density at radius 3 is 2.96 bits per heavy atom. The highest BCUT2D eigenvalue weighted by atomic mass is 35.5. The van der Waals surface area contributed by atoms with Crippen molar-refractivity contribution in [2.45, 2.75) is 13.0 Å². The average molecular weight is 341 g/mol. The Hall–Kier alpha value is -3.11. The molecule has 24 heavy (non-hydrogen) atoms. The Balaban J connectivity index is 1.95. The van der Waals surface area contributed by atoms with E-state index in [9.17, 15) is 4.79 Å². The van der Waals surface area contributed by atoms with Crippen molar-refractivity contribution in [2.24, 2.45) is 0 Å². The smallest absolute Gasteiger partial charge is 0.253 e. The van der Waals surface area contributed by atoms with Gasteiger partial charge in [0.25, 0.3) is 5.56 Å². The zero-order valence-electron chi connectivity index (χ0n) is 12.7. The molecule has 0 bridgehead atoms. The predicted octanol–water partition coefficient (Wildman–Crippen LogP) is 2.60. The number of nitrogen functional groups attached to an aromatic ring is 1. The molecule has 0 fully saturated rings. The fourth-order valence-corrected chi connectivity index (χ4v) is 2.58. The molecule has 3 aromatic rings. The minimum atomic E-state index is -0.371. The van der Waals surface area contributed by atoms with E-state index in [2.05, 4.69) is 20.3 Å². The molecule has 2 heterocycles. The van der Waals surface area contributed by atoms with Gasteiger partial charge in [-0.2, -0.15) is 10.2 Å². The molecule has 0 radical (unpaired) electrons. The van der Waals surface area contributed by atoms with E-state index in [1.54, 1.807) is 19.1 Å². The fraction of sp³-hybridized carbons (Fsp3) is 0.125. The molecule has 0 aliphatic heterocycles. The number of aromatic nitrogens is 3. The Bertz CT molecular complexity index is 1020. The number of nitrogens with one attached hydrogen (secondary N) is 2. The standard InChI is InChI=1S/C16H13ClN6O/c1-8(21-16-20-7-10(6-18)14(19)23-16)11-5-9-3-2-4-12(17)13(9)22-15(11)24/h2-5,7-8H,1H3,(H,22,24)(H3,19,20,21,23)/t8-/m0/s1. The van der Waals surface area contributed by atoms with Crippen molar-refractivity contribution in [3.05, 3.63) is 57.0 Å². The number of nitrogens with zero attached hydrogens (tertiary/aromatic N) is 3. The molecule has 120 valence electrons. The zero-order valence-corrected chi connectivity index (χ0v) is 13.4. The molecule has 3 rings (SSSR count). The summed E-state index contributed by atoms with van der Waals surface area (Å²) in [6, 6.07) is 8.69. The molecule has 0 aliphatic rings. The fourth-order valence-electron chi connectivity index (χ4n) is 2.36. The van der Waals surface area contributed by atoms with E-state index >= 15 is 0 Å². The molecule has 0 aliphatic carbocycles. The van der Waals surface area contributed by atoms with Crippen molar-refractivity contribution in [1.29, 1.82) is 5.26 Å². The molecule has 2 aromatic heterocycles. The predicted molar refractivity (Wildman–Crippen MR) is 92.8 cm³/mol. The molecule has 0 amide bonds. The molecule has 1 aromatic carbocycles. The summed E-state index contributed by atoms with van der Waals surface area (Å²) in [5, 5.41) is 13.2. The largest absolute Gasteiger partial charge is 0.382 e. The van der Waals surface area contributed by atoms with Gasteiger partial charge in [-0.05, 0) is 19.1 Å². The lowest BCUT2D eigenvalue weighted by molar-refractivity contribution is 0.845. The van der Waals surface area contributed by atoms with E-state index in [1.165, 1.54) is 6.20 Å². The first-order chi connectivity index (χ1) is 11.5. The van der Waals surface area contributed by atoms with Gasteiger partial charge < -0.3 is 16.0 Å². The van der Waals surface area contributed by atoms with E-state index in [0.29, 0.717) is 16.1 Å². The Morgan fingerprint density at radius 1 is 1.46 bits per heavy atom. The lowest BCUT2D eigenvalue weighted by atomic mass is 10.1. The number of halogens is 1. The van der Waals surface area contributed by atoms with Gasteiger partial charge in [0.15, 0.2) is 0 Å². The molecule has 7 nitrogen and oxygen atoms in total. The summed E-state index contributed by atoms with van der Waals surface area (Å²) in [7, 11) is 0. The van der Waals surface area contributed by atoms with Gasteiger partial charge >= 0.3 is 0 Å². The maximum absolute atomic E-state index is 12.3. The molecule has 0 saturated heterocycles. The quantitative estimate of drug-likeness (QED) is 0.674. The number of hydrogen-bond acceptors (Lipinski definition) is 6. The highest BCUT2D eigenvalue weighted by molar-refractivity contribution is 6.35. The summed E-state index contributed by atoms with van der Waals surface area (Å²) in [6.45, 7) is 1.80. The topological polar surface area (TPSA) is 120 Å². The number of fused-ring (bicyclic) bond motifs is 1. The SMILES string of the molecule is C[C@H](Nc1ncc(C#N)c(N)n1)c1cc2cccc(Cl)c2[nH]c1=O. The third-order valence-corrected chi connectivity index (χ3v) is 3.92. The number of para-hydroxylation sites is 1. The number of H-pyrrole nitrogens is 1. The van der Waals surface area contributed by atoms with Gasteiger partial charge in [0.05, 0.1) is 22.8 Å². The minimum Gasteiger partial charge on any atom is -0.382 e. The number of anilines is 2. The van der Waals surface area contributed by atoms with Crippen LogP contribution in [0.3, 0.4) is 0 Å². The van der Waals surface area contributed by atoms with Crippen molar-refractivity contribution in [2.75, 3.05) is 11.1 Å². The van der Waals surface area contributed by atoms with Gasteiger partial charge in [-0.1, -0.05) is 23.7 Å². The highest BCUT2D eigenvalue weighted by Gasteiger charge is 2.14. The van der Waals surface area contributed by atoms with Crippen LogP contribution in [0.25, 0.3) is 10.9 Å².